The molecule has 6 nitrogen and oxygen atoms in total. The van der Waals surface area contributed by atoms with Gasteiger partial charge in [0.1, 0.15) is 0 Å². The van der Waals surface area contributed by atoms with E-state index in [1.54, 1.807) is 24.2 Å². The fourth-order valence-electron chi connectivity index (χ4n) is 4.75. The number of hydrogen-bond acceptors (Lipinski definition) is 4. The van der Waals surface area contributed by atoms with Crippen LogP contribution in [0.5, 0.6) is 0 Å². The van der Waals surface area contributed by atoms with Crippen molar-refractivity contribution >= 4 is 28.9 Å². The number of benzene rings is 2. The lowest BCUT2D eigenvalue weighted by Gasteiger charge is -2.20. The summed E-state index contributed by atoms with van der Waals surface area (Å²) in [7, 11) is 0. The third kappa shape index (κ3) is 3.32. The van der Waals surface area contributed by atoms with Gasteiger partial charge < -0.3 is 15.1 Å². The van der Waals surface area contributed by atoms with Gasteiger partial charge in [0, 0.05) is 54.9 Å². The van der Waals surface area contributed by atoms with Crippen molar-refractivity contribution in [3.63, 3.8) is 0 Å². The Morgan fingerprint density at radius 1 is 1.12 bits per heavy atom. The maximum absolute atomic E-state index is 13.5. The molecule has 0 atom stereocenters. The van der Waals surface area contributed by atoms with Crippen molar-refractivity contribution in [2.75, 3.05) is 21.7 Å². The van der Waals surface area contributed by atoms with Crippen molar-refractivity contribution < 1.29 is 9.59 Å². The quantitative estimate of drug-likeness (QED) is 0.667. The lowest BCUT2D eigenvalue weighted by molar-refractivity contribution is -0.116. The number of nitrogens with one attached hydrogen (secondary N) is 1. The summed E-state index contributed by atoms with van der Waals surface area (Å²) in [5, 5.41) is 3.41. The molecule has 5 rings (SSSR count). The van der Waals surface area contributed by atoms with Gasteiger partial charge in [0.05, 0.1) is 12.1 Å². The molecule has 2 aliphatic rings. The van der Waals surface area contributed by atoms with Gasteiger partial charge >= 0.3 is 0 Å². The molecule has 0 aliphatic carbocycles. The molecule has 6 heteroatoms. The second-order valence-electron chi connectivity index (χ2n) is 9.13. The molecule has 1 aromatic heterocycles. The van der Waals surface area contributed by atoms with Crippen LogP contribution in [-0.4, -0.2) is 23.3 Å². The largest absolute Gasteiger partial charge is 0.380 e. The van der Waals surface area contributed by atoms with E-state index in [4.69, 9.17) is 0 Å². The summed E-state index contributed by atoms with van der Waals surface area (Å²) in [6, 6.07) is 15.9. The average Bonchev–Trinajstić information content (AvgIpc) is 3.27. The molecule has 0 fully saturated rings. The molecule has 2 aromatic carbocycles. The van der Waals surface area contributed by atoms with E-state index in [0.717, 1.165) is 33.8 Å². The van der Waals surface area contributed by atoms with Crippen LogP contribution in [0.2, 0.25) is 0 Å². The molecule has 162 valence electrons. The highest BCUT2D eigenvalue weighted by molar-refractivity contribution is 6.13. The van der Waals surface area contributed by atoms with Gasteiger partial charge in [0.2, 0.25) is 5.91 Å². The average molecular weight is 427 g/mol. The van der Waals surface area contributed by atoms with Gasteiger partial charge in [0.15, 0.2) is 0 Å². The minimum Gasteiger partial charge on any atom is -0.380 e. The van der Waals surface area contributed by atoms with Crippen LogP contribution in [0.4, 0.5) is 17.1 Å². The summed E-state index contributed by atoms with van der Waals surface area (Å²) in [6.07, 6.45) is 3.53. The Kier molecular flexibility index (Phi) is 4.73. The highest BCUT2D eigenvalue weighted by Crippen LogP contribution is 2.43. The smallest absolute Gasteiger partial charge is 0.261 e. The molecule has 3 aromatic rings. The van der Waals surface area contributed by atoms with Crippen LogP contribution in [0, 0.1) is 0 Å². The predicted octanol–water partition coefficient (Wildman–Crippen LogP) is 4.50. The number of carbonyl (C=O) groups is 2. The van der Waals surface area contributed by atoms with Crippen LogP contribution >= 0.6 is 0 Å². The van der Waals surface area contributed by atoms with E-state index in [1.165, 1.54) is 0 Å². The Balaban J connectivity index is 1.45. The van der Waals surface area contributed by atoms with Gasteiger partial charge in [0.25, 0.3) is 5.91 Å². The van der Waals surface area contributed by atoms with Crippen molar-refractivity contribution in [2.45, 2.75) is 39.3 Å². The molecule has 0 saturated heterocycles. The van der Waals surface area contributed by atoms with Gasteiger partial charge in [-0.3, -0.25) is 14.6 Å². The number of nitrogens with zero attached hydrogens (tertiary/aromatic N) is 3. The molecule has 2 aliphatic heterocycles. The van der Waals surface area contributed by atoms with Crippen LogP contribution in [0.3, 0.4) is 0 Å². The van der Waals surface area contributed by atoms with Gasteiger partial charge in [-0.05, 0) is 47.0 Å². The maximum Gasteiger partial charge on any atom is 0.261 e. The van der Waals surface area contributed by atoms with Gasteiger partial charge in [-0.2, -0.15) is 0 Å². The molecule has 3 heterocycles. The molecule has 0 saturated carbocycles. The number of pyridine rings is 1. The zero-order valence-electron chi connectivity index (χ0n) is 18.6. The summed E-state index contributed by atoms with van der Waals surface area (Å²) >= 11 is 0. The summed E-state index contributed by atoms with van der Waals surface area (Å²) < 4.78 is 0. The number of amides is 2. The summed E-state index contributed by atoms with van der Waals surface area (Å²) in [4.78, 5) is 33.4. The summed E-state index contributed by atoms with van der Waals surface area (Å²) in [5.74, 6) is -0.00276. The number of fused-ring (bicyclic) bond motifs is 2. The minimum atomic E-state index is -0.110. The zero-order valence-corrected chi connectivity index (χ0v) is 18.6. The lowest BCUT2D eigenvalue weighted by Crippen LogP contribution is -2.32. The fraction of sp³-hybridized carbons (Fsp3) is 0.269. The van der Waals surface area contributed by atoms with Crippen molar-refractivity contribution in [1.29, 1.82) is 0 Å². The van der Waals surface area contributed by atoms with E-state index >= 15 is 0 Å². The maximum atomic E-state index is 13.5. The first-order chi connectivity index (χ1) is 15.3. The Hall–Kier alpha value is -3.67. The fourth-order valence-corrected chi connectivity index (χ4v) is 4.75. The van der Waals surface area contributed by atoms with E-state index in [2.05, 4.69) is 30.2 Å². The van der Waals surface area contributed by atoms with Crippen LogP contribution in [-0.2, 0) is 23.3 Å². The second kappa shape index (κ2) is 7.48. The molecule has 0 spiro atoms. The van der Waals surface area contributed by atoms with Gasteiger partial charge in [-0.25, -0.2) is 0 Å². The SMILES string of the molecule is CC(=O)N1CC(C)(C)c2ccc(N3Cc4cccc(NCc5ccncc5)c4C3=O)cc21. The second-order valence-corrected chi connectivity index (χ2v) is 9.13. The number of rotatable bonds is 4. The van der Waals surface area contributed by atoms with Crippen LogP contribution in [0.1, 0.15) is 47.8 Å². The first-order valence-electron chi connectivity index (χ1n) is 10.8. The first-order valence-corrected chi connectivity index (χ1v) is 10.8. The van der Waals surface area contributed by atoms with E-state index in [9.17, 15) is 9.59 Å². The number of aromatic nitrogens is 1. The summed E-state index contributed by atoms with van der Waals surface area (Å²) in [6.45, 7) is 7.67. The Morgan fingerprint density at radius 2 is 1.91 bits per heavy atom. The molecule has 0 radical (unpaired) electrons. The summed E-state index contributed by atoms with van der Waals surface area (Å²) in [5.41, 5.74) is 6.39. The third-order valence-corrected chi connectivity index (χ3v) is 6.42. The lowest BCUT2D eigenvalue weighted by atomic mass is 9.87. The molecule has 32 heavy (non-hydrogen) atoms. The van der Waals surface area contributed by atoms with Crippen molar-refractivity contribution in [3.8, 4) is 0 Å². The van der Waals surface area contributed by atoms with Crippen LogP contribution < -0.4 is 15.1 Å². The highest BCUT2D eigenvalue weighted by Gasteiger charge is 2.38. The van der Waals surface area contributed by atoms with Crippen molar-refractivity contribution in [3.05, 3.63) is 83.2 Å². The van der Waals surface area contributed by atoms with Crippen LogP contribution in [0.15, 0.2) is 60.9 Å². The zero-order chi connectivity index (χ0) is 22.5. The molecule has 0 unspecified atom stereocenters. The minimum absolute atomic E-state index is 0.0209. The van der Waals surface area contributed by atoms with Crippen molar-refractivity contribution in [1.82, 2.24) is 4.98 Å². The van der Waals surface area contributed by atoms with E-state index in [1.807, 2.05) is 47.4 Å². The molecular weight excluding hydrogens is 400 g/mol. The molecule has 2 amide bonds. The van der Waals surface area contributed by atoms with E-state index in [0.29, 0.717) is 25.2 Å². The number of carbonyl (C=O) groups excluding carboxylic acids is 2. The molecule has 0 bridgehead atoms. The third-order valence-electron chi connectivity index (χ3n) is 6.42. The first kappa shape index (κ1) is 20.2. The predicted molar refractivity (Wildman–Crippen MR) is 126 cm³/mol. The number of hydrogen-bond donors (Lipinski definition) is 1. The molecule has 1 N–H and O–H groups in total. The monoisotopic (exact) mass is 426 g/mol. The van der Waals surface area contributed by atoms with Gasteiger partial charge in [-0.1, -0.05) is 32.0 Å². The molecular formula is C26H26N4O2. The van der Waals surface area contributed by atoms with E-state index in [-0.39, 0.29) is 17.2 Å². The topological polar surface area (TPSA) is 65.5 Å². The van der Waals surface area contributed by atoms with Gasteiger partial charge in [-0.15, -0.1) is 0 Å². The highest BCUT2D eigenvalue weighted by atomic mass is 16.2. The number of anilines is 3. The van der Waals surface area contributed by atoms with E-state index < -0.39 is 0 Å². The van der Waals surface area contributed by atoms with Crippen LogP contribution in [0.25, 0.3) is 0 Å². The Labute approximate surface area is 187 Å². The van der Waals surface area contributed by atoms with Crippen molar-refractivity contribution in [2.24, 2.45) is 0 Å². The standard InChI is InChI=1S/C26H26N4O2/c1-17(31)30-16-26(2,3)21-8-7-20(13-23(21)30)29-15-19-5-4-6-22(24(19)25(29)32)28-14-18-9-11-27-12-10-18/h4-13,28H,14-16H2,1-3H3. The Bertz CT molecular complexity index is 1220. The Morgan fingerprint density at radius 3 is 2.66 bits per heavy atom. The normalized spacial score (nSPS) is 16.2.